The Balaban J connectivity index is 1.36. The van der Waals surface area contributed by atoms with Crippen molar-refractivity contribution in [2.75, 3.05) is 38.3 Å². The number of oxazole rings is 1. The largest absolute Gasteiger partial charge is 0.423 e. The number of aliphatic hydroxyl groups excluding tert-OH is 1. The molecule has 30 heavy (non-hydrogen) atoms. The van der Waals surface area contributed by atoms with Crippen LogP contribution in [0.15, 0.2) is 22.6 Å². The fourth-order valence-corrected chi connectivity index (χ4v) is 5.30. The molecular weight excluding hydrogens is 384 g/mol. The molecule has 1 aromatic carbocycles. The number of aliphatic hydroxyl groups is 1. The molecule has 5 rings (SSSR count). The highest BCUT2D eigenvalue weighted by molar-refractivity contribution is 6.04. The minimum atomic E-state index is -0.192. The smallest absolute Gasteiger partial charge is 0.298 e. The lowest BCUT2D eigenvalue weighted by atomic mass is 9.82. The van der Waals surface area contributed by atoms with Gasteiger partial charge in [0.15, 0.2) is 5.58 Å². The fraction of sp³-hybridized carbons (Fsp3) is 0.636. The molecule has 2 unspecified atom stereocenters. The number of para-hydroxylation sites is 1. The number of piperidine rings is 2. The Morgan fingerprint density at radius 1 is 1.30 bits per heavy atom. The molecule has 3 atom stereocenters. The summed E-state index contributed by atoms with van der Waals surface area (Å²) in [7, 11) is 2.22. The van der Waals surface area contributed by atoms with E-state index in [0.29, 0.717) is 54.5 Å². The van der Waals surface area contributed by atoms with E-state index in [1.165, 1.54) is 19.3 Å². The van der Waals surface area contributed by atoms with Gasteiger partial charge in [-0.1, -0.05) is 12.5 Å². The SMILES string of the molecule is CN1C2CCCC1CC(NC(=O)c1cccc3oc(N4CCOC[C@@H]4CO)nc13)C2. The Hall–Kier alpha value is -2.16. The molecule has 0 spiro atoms. The van der Waals surface area contributed by atoms with Crippen molar-refractivity contribution in [3.05, 3.63) is 23.8 Å². The van der Waals surface area contributed by atoms with Crippen LogP contribution < -0.4 is 10.2 Å². The van der Waals surface area contributed by atoms with E-state index < -0.39 is 0 Å². The topological polar surface area (TPSA) is 91.1 Å². The first kappa shape index (κ1) is 19.8. The molecule has 2 bridgehead atoms. The van der Waals surface area contributed by atoms with E-state index in [9.17, 15) is 9.90 Å². The summed E-state index contributed by atoms with van der Waals surface area (Å²) in [5.74, 6) is -0.0891. The van der Waals surface area contributed by atoms with E-state index in [4.69, 9.17) is 9.15 Å². The van der Waals surface area contributed by atoms with Crippen molar-refractivity contribution >= 4 is 23.0 Å². The van der Waals surface area contributed by atoms with Gasteiger partial charge in [0.2, 0.25) is 0 Å². The quantitative estimate of drug-likeness (QED) is 0.788. The molecule has 3 aliphatic heterocycles. The number of ether oxygens (including phenoxy) is 1. The number of morpholine rings is 1. The second-order valence-corrected chi connectivity index (χ2v) is 8.80. The summed E-state index contributed by atoms with van der Waals surface area (Å²) < 4.78 is 11.4. The standard InChI is InChI=1S/C22H30N4O4/c1-25-15-4-2-5-16(25)11-14(10-15)23-21(28)18-6-3-7-19-20(18)24-22(30-19)26-8-9-29-13-17(26)12-27/h3,6-7,14-17,27H,2,4-5,8-13H2,1H3,(H,23,28)/t14?,15?,16?,17-/m0/s1. The zero-order chi connectivity index (χ0) is 20.7. The third-order valence-corrected chi connectivity index (χ3v) is 7.01. The Morgan fingerprint density at radius 3 is 2.87 bits per heavy atom. The number of rotatable bonds is 4. The number of fused-ring (bicyclic) bond motifs is 3. The predicted octanol–water partition coefficient (Wildman–Crippen LogP) is 1.77. The van der Waals surface area contributed by atoms with Gasteiger partial charge in [0.25, 0.3) is 11.9 Å². The van der Waals surface area contributed by atoms with Crippen LogP contribution in [0.5, 0.6) is 0 Å². The number of anilines is 1. The lowest BCUT2D eigenvalue weighted by molar-refractivity contribution is 0.0463. The maximum Gasteiger partial charge on any atom is 0.298 e. The zero-order valence-electron chi connectivity index (χ0n) is 17.4. The molecular formula is C22H30N4O4. The van der Waals surface area contributed by atoms with E-state index >= 15 is 0 Å². The van der Waals surface area contributed by atoms with Gasteiger partial charge in [-0.3, -0.25) is 4.79 Å². The molecule has 3 aliphatic rings. The Morgan fingerprint density at radius 2 is 2.10 bits per heavy atom. The van der Waals surface area contributed by atoms with Crippen LogP contribution in [0.25, 0.3) is 11.1 Å². The number of nitrogens with zero attached hydrogens (tertiary/aromatic N) is 3. The van der Waals surface area contributed by atoms with Gasteiger partial charge < -0.3 is 29.4 Å². The molecule has 162 valence electrons. The van der Waals surface area contributed by atoms with Gasteiger partial charge in [-0.25, -0.2) is 0 Å². The van der Waals surface area contributed by atoms with Crippen LogP contribution in [0.2, 0.25) is 0 Å². The summed E-state index contributed by atoms with van der Waals surface area (Å²) in [6.07, 6.45) is 5.73. The lowest BCUT2D eigenvalue weighted by Gasteiger charge is -2.47. The normalized spacial score (nSPS) is 29.9. The molecule has 1 amide bonds. The molecule has 0 saturated carbocycles. The Kier molecular flexibility index (Phi) is 5.39. The van der Waals surface area contributed by atoms with Crippen molar-refractivity contribution in [3.63, 3.8) is 0 Å². The first-order valence-corrected chi connectivity index (χ1v) is 11.0. The Labute approximate surface area is 176 Å². The van der Waals surface area contributed by atoms with Crippen molar-refractivity contribution in [2.45, 2.75) is 56.3 Å². The monoisotopic (exact) mass is 414 g/mol. The van der Waals surface area contributed by atoms with E-state index in [-0.39, 0.29) is 24.6 Å². The number of carbonyl (C=O) groups is 1. The molecule has 8 nitrogen and oxygen atoms in total. The van der Waals surface area contributed by atoms with Gasteiger partial charge in [0.1, 0.15) is 5.52 Å². The maximum atomic E-state index is 13.2. The second kappa shape index (κ2) is 8.17. The molecule has 3 fully saturated rings. The summed E-state index contributed by atoms with van der Waals surface area (Å²) in [5, 5.41) is 12.9. The van der Waals surface area contributed by atoms with Crippen LogP contribution in [-0.4, -0.2) is 78.5 Å². The molecule has 0 aliphatic carbocycles. The van der Waals surface area contributed by atoms with Gasteiger partial charge in [0.05, 0.1) is 31.4 Å². The number of hydrogen-bond donors (Lipinski definition) is 2. The molecule has 2 N–H and O–H groups in total. The minimum Gasteiger partial charge on any atom is -0.423 e. The summed E-state index contributed by atoms with van der Waals surface area (Å²) in [4.78, 5) is 22.2. The molecule has 1 aromatic heterocycles. The number of amides is 1. The average Bonchev–Trinajstić information content (AvgIpc) is 3.18. The van der Waals surface area contributed by atoms with Gasteiger partial charge in [-0.05, 0) is 44.9 Å². The second-order valence-electron chi connectivity index (χ2n) is 8.80. The molecule has 0 radical (unpaired) electrons. The first-order chi connectivity index (χ1) is 14.6. The van der Waals surface area contributed by atoms with Gasteiger partial charge >= 0.3 is 0 Å². The number of benzene rings is 1. The summed E-state index contributed by atoms with van der Waals surface area (Å²) >= 11 is 0. The van der Waals surface area contributed by atoms with Crippen molar-refractivity contribution in [3.8, 4) is 0 Å². The van der Waals surface area contributed by atoms with Crippen LogP contribution in [0.3, 0.4) is 0 Å². The zero-order valence-corrected chi connectivity index (χ0v) is 17.4. The fourth-order valence-electron chi connectivity index (χ4n) is 5.30. The van der Waals surface area contributed by atoms with Gasteiger partial charge in [-0.2, -0.15) is 4.98 Å². The highest BCUT2D eigenvalue weighted by Crippen LogP contribution is 2.33. The van der Waals surface area contributed by atoms with E-state index in [0.717, 1.165) is 12.8 Å². The van der Waals surface area contributed by atoms with Crippen molar-refractivity contribution in [1.29, 1.82) is 0 Å². The lowest BCUT2D eigenvalue weighted by Crippen LogP contribution is -2.55. The summed E-state index contributed by atoms with van der Waals surface area (Å²) in [6.45, 7) is 1.55. The van der Waals surface area contributed by atoms with Crippen LogP contribution in [0.4, 0.5) is 6.01 Å². The number of nitrogens with one attached hydrogen (secondary N) is 1. The number of hydrogen-bond acceptors (Lipinski definition) is 7. The maximum absolute atomic E-state index is 13.2. The third-order valence-electron chi connectivity index (χ3n) is 7.01. The van der Waals surface area contributed by atoms with Crippen molar-refractivity contribution < 1.29 is 19.1 Å². The summed E-state index contributed by atoms with van der Waals surface area (Å²) in [6, 6.07) is 7.04. The molecule has 8 heteroatoms. The van der Waals surface area contributed by atoms with Crippen LogP contribution in [0, 0.1) is 0 Å². The highest BCUT2D eigenvalue weighted by Gasteiger charge is 2.36. The summed E-state index contributed by atoms with van der Waals surface area (Å²) in [5.41, 5.74) is 1.70. The van der Waals surface area contributed by atoms with Gasteiger partial charge in [0, 0.05) is 24.7 Å². The van der Waals surface area contributed by atoms with Crippen LogP contribution in [-0.2, 0) is 4.74 Å². The van der Waals surface area contributed by atoms with E-state index in [1.807, 2.05) is 23.1 Å². The van der Waals surface area contributed by atoms with Crippen LogP contribution in [0.1, 0.15) is 42.5 Å². The van der Waals surface area contributed by atoms with Crippen molar-refractivity contribution in [1.82, 2.24) is 15.2 Å². The molecule has 4 heterocycles. The van der Waals surface area contributed by atoms with Gasteiger partial charge in [-0.15, -0.1) is 0 Å². The molecule has 3 saturated heterocycles. The number of carbonyl (C=O) groups excluding carboxylic acids is 1. The van der Waals surface area contributed by atoms with Crippen LogP contribution >= 0.6 is 0 Å². The van der Waals surface area contributed by atoms with E-state index in [2.05, 4.69) is 22.2 Å². The first-order valence-electron chi connectivity index (χ1n) is 11.0. The average molecular weight is 415 g/mol. The molecule has 2 aromatic rings. The Bertz CT molecular complexity index is 902. The minimum absolute atomic E-state index is 0.0372. The third kappa shape index (κ3) is 3.57. The van der Waals surface area contributed by atoms with Crippen molar-refractivity contribution in [2.24, 2.45) is 0 Å². The highest BCUT2D eigenvalue weighted by atomic mass is 16.5. The number of aromatic nitrogens is 1. The van der Waals surface area contributed by atoms with E-state index in [1.54, 1.807) is 0 Å². The predicted molar refractivity (Wildman–Crippen MR) is 113 cm³/mol.